The molecular formula is C10H20N2O2. The van der Waals surface area contributed by atoms with Gasteiger partial charge in [0.15, 0.2) is 0 Å². The first-order chi connectivity index (χ1) is 6.63. The normalized spacial score (nSPS) is 29.6. The van der Waals surface area contributed by atoms with Gasteiger partial charge in [-0.2, -0.15) is 0 Å². The van der Waals surface area contributed by atoms with Crippen molar-refractivity contribution in [1.82, 2.24) is 5.32 Å². The van der Waals surface area contributed by atoms with E-state index in [1.165, 1.54) is 0 Å². The fourth-order valence-electron chi connectivity index (χ4n) is 1.82. The summed E-state index contributed by atoms with van der Waals surface area (Å²) in [4.78, 5) is 11.3. The molecule has 0 bridgehead atoms. The van der Waals surface area contributed by atoms with Gasteiger partial charge in [0.05, 0.1) is 12.1 Å². The third-order valence-corrected chi connectivity index (χ3v) is 2.72. The highest BCUT2D eigenvalue weighted by Crippen LogP contribution is 2.20. The van der Waals surface area contributed by atoms with Crippen LogP contribution in [0.5, 0.6) is 0 Å². The molecule has 0 aliphatic heterocycles. The third kappa shape index (κ3) is 3.27. The number of carbonyl (C=O) groups excluding carboxylic acids is 1. The molecule has 1 aliphatic carbocycles. The van der Waals surface area contributed by atoms with Crippen LogP contribution in [0, 0.1) is 0 Å². The number of carbonyl (C=O) groups is 1. The highest BCUT2D eigenvalue weighted by Gasteiger charge is 2.23. The Morgan fingerprint density at radius 3 is 2.86 bits per heavy atom. The van der Waals surface area contributed by atoms with Gasteiger partial charge in [0.2, 0.25) is 5.91 Å². The van der Waals surface area contributed by atoms with Crippen molar-refractivity contribution in [2.24, 2.45) is 5.73 Å². The lowest BCUT2D eigenvalue weighted by atomic mass is 9.92. The average Bonchev–Trinajstić information content (AvgIpc) is 2.18. The van der Waals surface area contributed by atoms with Gasteiger partial charge in [0, 0.05) is 13.2 Å². The van der Waals surface area contributed by atoms with Crippen molar-refractivity contribution in [2.45, 2.75) is 50.8 Å². The van der Waals surface area contributed by atoms with Crippen LogP contribution in [0.1, 0.15) is 32.6 Å². The summed E-state index contributed by atoms with van der Waals surface area (Å²) in [5.41, 5.74) is 5.48. The second-order valence-corrected chi connectivity index (χ2v) is 4.02. The van der Waals surface area contributed by atoms with Gasteiger partial charge in [-0.25, -0.2) is 0 Å². The number of hydrogen-bond acceptors (Lipinski definition) is 3. The molecule has 1 rings (SSSR count). The summed E-state index contributed by atoms with van der Waals surface area (Å²) in [7, 11) is 1.72. The number of rotatable bonds is 3. The summed E-state index contributed by atoms with van der Waals surface area (Å²) in [6.07, 6.45) is 4.46. The van der Waals surface area contributed by atoms with Gasteiger partial charge >= 0.3 is 0 Å². The first-order valence-electron chi connectivity index (χ1n) is 5.22. The first-order valence-corrected chi connectivity index (χ1v) is 5.22. The number of nitrogens with two attached hydrogens (primary N) is 1. The molecule has 4 nitrogen and oxygen atoms in total. The fourth-order valence-corrected chi connectivity index (χ4v) is 1.82. The standard InChI is InChI=1S/C10H20N2O2/c1-7(11)10(13)12-8-4-3-5-9(6-8)14-2/h7-9H,3-6,11H2,1-2H3,(H,12,13). The topological polar surface area (TPSA) is 64.3 Å². The van der Waals surface area contributed by atoms with Crippen LogP contribution in [0.25, 0.3) is 0 Å². The number of methoxy groups -OCH3 is 1. The monoisotopic (exact) mass is 200 g/mol. The summed E-state index contributed by atoms with van der Waals surface area (Å²) in [6, 6.07) is -0.176. The molecule has 3 unspecified atom stereocenters. The molecule has 4 heteroatoms. The molecule has 1 amide bonds. The molecule has 0 aromatic rings. The van der Waals surface area contributed by atoms with Crippen molar-refractivity contribution in [3.63, 3.8) is 0 Å². The molecular weight excluding hydrogens is 180 g/mol. The minimum absolute atomic E-state index is 0.0632. The molecule has 1 aliphatic rings. The zero-order valence-electron chi connectivity index (χ0n) is 8.95. The molecule has 0 aromatic carbocycles. The molecule has 3 atom stereocenters. The Labute approximate surface area is 85.2 Å². The summed E-state index contributed by atoms with van der Waals surface area (Å²) in [5.74, 6) is -0.0632. The van der Waals surface area contributed by atoms with Crippen molar-refractivity contribution in [2.75, 3.05) is 7.11 Å². The Morgan fingerprint density at radius 2 is 2.29 bits per heavy atom. The molecule has 82 valence electrons. The Bertz CT molecular complexity index is 195. The minimum atomic E-state index is -0.419. The molecule has 0 radical (unpaired) electrons. The molecule has 0 spiro atoms. The zero-order valence-corrected chi connectivity index (χ0v) is 8.95. The van der Waals surface area contributed by atoms with Crippen molar-refractivity contribution >= 4 is 5.91 Å². The van der Waals surface area contributed by atoms with E-state index in [2.05, 4.69) is 5.32 Å². The van der Waals surface area contributed by atoms with E-state index in [1.54, 1.807) is 14.0 Å². The largest absolute Gasteiger partial charge is 0.381 e. The van der Waals surface area contributed by atoms with E-state index in [-0.39, 0.29) is 11.9 Å². The zero-order chi connectivity index (χ0) is 10.6. The van der Waals surface area contributed by atoms with Crippen LogP contribution in [0.3, 0.4) is 0 Å². The van der Waals surface area contributed by atoms with Crippen LogP contribution >= 0.6 is 0 Å². The van der Waals surface area contributed by atoms with Gasteiger partial charge in [-0.15, -0.1) is 0 Å². The van der Waals surface area contributed by atoms with Crippen LogP contribution in [0.2, 0.25) is 0 Å². The third-order valence-electron chi connectivity index (χ3n) is 2.72. The number of nitrogens with one attached hydrogen (secondary N) is 1. The molecule has 1 fully saturated rings. The summed E-state index contributed by atoms with van der Waals surface area (Å²) in [6.45, 7) is 1.70. The lowest BCUT2D eigenvalue weighted by Crippen LogP contribution is -2.46. The number of amides is 1. The molecule has 0 aromatic heterocycles. The lowest BCUT2D eigenvalue weighted by Gasteiger charge is -2.29. The smallest absolute Gasteiger partial charge is 0.236 e. The maximum Gasteiger partial charge on any atom is 0.236 e. The number of hydrogen-bond donors (Lipinski definition) is 2. The van der Waals surface area contributed by atoms with Gasteiger partial charge in [-0.1, -0.05) is 0 Å². The second-order valence-electron chi connectivity index (χ2n) is 4.02. The molecule has 0 saturated heterocycles. The Hall–Kier alpha value is -0.610. The second kappa shape index (κ2) is 5.32. The fraction of sp³-hybridized carbons (Fsp3) is 0.900. The van der Waals surface area contributed by atoms with Crippen molar-refractivity contribution in [1.29, 1.82) is 0 Å². The van der Waals surface area contributed by atoms with Crippen LogP contribution in [-0.4, -0.2) is 31.2 Å². The van der Waals surface area contributed by atoms with Crippen molar-refractivity contribution in [3.8, 4) is 0 Å². The Kier molecular flexibility index (Phi) is 4.35. The molecule has 3 N–H and O–H groups in total. The molecule has 1 saturated carbocycles. The van der Waals surface area contributed by atoms with E-state index in [4.69, 9.17) is 10.5 Å². The highest BCUT2D eigenvalue weighted by molar-refractivity contribution is 5.81. The summed E-state index contributed by atoms with van der Waals surface area (Å²) >= 11 is 0. The molecule has 0 heterocycles. The SMILES string of the molecule is COC1CCCC(NC(=O)C(C)N)C1. The van der Waals surface area contributed by atoms with E-state index in [0.29, 0.717) is 6.10 Å². The van der Waals surface area contributed by atoms with E-state index in [1.807, 2.05) is 0 Å². The minimum Gasteiger partial charge on any atom is -0.381 e. The van der Waals surface area contributed by atoms with E-state index < -0.39 is 6.04 Å². The van der Waals surface area contributed by atoms with Crippen LogP contribution in [0.15, 0.2) is 0 Å². The Morgan fingerprint density at radius 1 is 1.57 bits per heavy atom. The van der Waals surface area contributed by atoms with Gasteiger partial charge in [-0.3, -0.25) is 4.79 Å². The maximum absolute atomic E-state index is 11.3. The maximum atomic E-state index is 11.3. The van der Waals surface area contributed by atoms with Gasteiger partial charge in [-0.05, 0) is 32.6 Å². The van der Waals surface area contributed by atoms with Gasteiger partial charge < -0.3 is 15.8 Å². The Balaban J connectivity index is 2.34. The average molecular weight is 200 g/mol. The predicted octanol–water partition coefficient (Wildman–Crippen LogP) is 0.407. The number of ether oxygens (including phenoxy) is 1. The lowest BCUT2D eigenvalue weighted by molar-refractivity contribution is -0.123. The van der Waals surface area contributed by atoms with Crippen LogP contribution in [0.4, 0.5) is 0 Å². The van der Waals surface area contributed by atoms with Gasteiger partial charge in [0.25, 0.3) is 0 Å². The first kappa shape index (κ1) is 11.5. The van der Waals surface area contributed by atoms with Gasteiger partial charge in [0.1, 0.15) is 0 Å². The van der Waals surface area contributed by atoms with E-state index in [0.717, 1.165) is 25.7 Å². The van der Waals surface area contributed by atoms with Crippen LogP contribution < -0.4 is 11.1 Å². The quantitative estimate of drug-likeness (QED) is 0.693. The summed E-state index contributed by atoms with van der Waals surface area (Å²) in [5, 5.41) is 2.94. The van der Waals surface area contributed by atoms with Crippen molar-refractivity contribution < 1.29 is 9.53 Å². The highest BCUT2D eigenvalue weighted by atomic mass is 16.5. The van der Waals surface area contributed by atoms with Crippen LogP contribution in [-0.2, 0) is 9.53 Å². The van der Waals surface area contributed by atoms with Crippen molar-refractivity contribution in [3.05, 3.63) is 0 Å². The summed E-state index contributed by atoms with van der Waals surface area (Å²) < 4.78 is 5.28. The van der Waals surface area contributed by atoms with E-state index >= 15 is 0 Å². The predicted molar refractivity (Wildman–Crippen MR) is 54.8 cm³/mol. The molecule has 14 heavy (non-hydrogen) atoms. The van der Waals surface area contributed by atoms with E-state index in [9.17, 15) is 4.79 Å².